The van der Waals surface area contributed by atoms with E-state index in [2.05, 4.69) is 13.8 Å². The largest absolute Gasteiger partial charge is 0.493 e. The monoisotopic (exact) mass is 440 g/mol. The van der Waals surface area contributed by atoms with Crippen molar-refractivity contribution >= 4 is 11.9 Å². The Bertz CT molecular complexity index is 1050. The Morgan fingerprint density at radius 3 is 2.41 bits per heavy atom. The predicted molar refractivity (Wildman–Crippen MR) is 117 cm³/mol. The fourth-order valence-corrected chi connectivity index (χ4v) is 4.31. The molecule has 2 aromatic rings. The first kappa shape index (κ1) is 22.0. The molecule has 0 aromatic heterocycles. The van der Waals surface area contributed by atoms with E-state index in [0.29, 0.717) is 42.1 Å². The highest BCUT2D eigenvalue weighted by Gasteiger charge is 2.58. The van der Waals surface area contributed by atoms with Crippen molar-refractivity contribution in [2.75, 3.05) is 14.2 Å². The number of carboxylic acid groups (broad SMARTS) is 1. The van der Waals surface area contributed by atoms with Gasteiger partial charge in [-0.25, -0.2) is 4.79 Å². The zero-order chi connectivity index (χ0) is 23.0. The number of rotatable bonds is 9. The van der Waals surface area contributed by atoms with Gasteiger partial charge < -0.3 is 24.1 Å². The molecule has 2 aliphatic rings. The molecule has 1 aliphatic heterocycles. The number of cyclic esters (lactones) is 1. The molecule has 1 atom stereocenters. The first-order chi connectivity index (χ1) is 15.3. The van der Waals surface area contributed by atoms with Gasteiger partial charge in [0.15, 0.2) is 11.5 Å². The average molecular weight is 440 g/mol. The van der Waals surface area contributed by atoms with Gasteiger partial charge in [0, 0.05) is 11.1 Å². The molecule has 1 unspecified atom stereocenters. The molecule has 0 saturated heterocycles. The van der Waals surface area contributed by atoms with Crippen LogP contribution in [0.2, 0.25) is 0 Å². The predicted octanol–water partition coefficient (Wildman–Crippen LogP) is 4.70. The summed E-state index contributed by atoms with van der Waals surface area (Å²) < 4.78 is 22.8. The van der Waals surface area contributed by atoms with E-state index in [9.17, 15) is 14.7 Å². The summed E-state index contributed by atoms with van der Waals surface area (Å²) in [6, 6.07) is 9.13. The Morgan fingerprint density at radius 2 is 1.81 bits per heavy atom. The van der Waals surface area contributed by atoms with Crippen molar-refractivity contribution in [3.05, 3.63) is 41.5 Å². The molecule has 2 aromatic carbocycles. The third kappa shape index (κ3) is 3.76. The lowest BCUT2D eigenvalue weighted by atomic mass is 9.91. The summed E-state index contributed by atoms with van der Waals surface area (Å²) in [4.78, 5) is 24.0. The maximum absolute atomic E-state index is 12.1. The van der Waals surface area contributed by atoms with Crippen molar-refractivity contribution in [3.8, 4) is 28.4 Å². The van der Waals surface area contributed by atoms with E-state index in [1.165, 1.54) is 7.11 Å². The van der Waals surface area contributed by atoms with E-state index in [4.69, 9.17) is 18.9 Å². The normalized spacial score (nSPS) is 16.8. The topological polar surface area (TPSA) is 91.3 Å². The third-order valence-electron chi connectivity index (χ3n) is 6.27. The Balaban J connectivity index is 1.82. The third-order valence-corrected chi connectivity index (χ3v) is 6.27. The number of carbonyl (C=O) groups excluding carboxylic acids is 1. The molecule has 170 valence electrons. The average Bonchev–Trinajstić information content (AvgIpc) is 3.51. The van der Waals surface area contributed by atoms with Crippen molar-refractivity contribution in [2.24, 2.45) is 11.3 Å². The van der Waals surface area contributed by atoms with Gasteiger partial charge in [-0.15, -0.1) is 0 Å². The SMILES string of the molecule is COc1ccc(-c2ccc3c(c2)COC3=O)c(OC(CC(C)C)C2(C(=O)O)CC2)c1OC. The molecular weight excluding hydrogens is 412 g/mol. The number of hydrogen-bond acceptors (Lipinski definition) is 6. The molecule has 1 N–H and O–H groups in total. The van der Waals surface area contributed by atoms with Crippen LogP contribution in [0.25, 0.3) is 11.1 Å². The molecule has 7 nitrogen and oxygen atoms in total. The van der Waals surface area contributed by atoms with E-state index >= 15 is 0 Å². The maximum Gasteiger partial charge on any atom is 0.338 e. The molecular formula is C25H28O7. The van der Waals surface area contributed by atoms with Gasteiger partial charge in [-0.1, -0.05) is 19.9 Å². The lowest BCUT2D eigenvalue weighted by molar-refractivity contribution is -0.147. The van der Waals surface area contributed by atoms with E-state index in [-0.39, 0.29) is 18.5 Å². The molecule has 32 heavy (non-hydrogen) atoms. The van der Waals surface area contributed by atoms with E-state index in [1.807, 2.05) is 18.2 Å². The second-order valence-electron chi connectivity index (χ2n) is 8.82. The van der Waals surface area contributed by atoms with Gasteiger partial charge in [0.1, 0.15) is 18.1 Å². The van der Waals surface area contributed by atoms with Gasteiger partial charge in [0.2, 0.25) is 5.75 Å². The van der Waals surface area contributed by atoms with Gasteiger partial charge in [-0.2, -0.15) is 0 Å². The molecule has 1 heterocycles. The molecule has 1 saturated carbocycles. The summed E-state index contributed by atoms with van der Waals surface area (Å²) in [7, 11) is 3.08. The van der Waals surface area contributed by atoms with Crippen LogP contribution < -0.4 is 14.2 Å². The van der Waals surface area contributed by atoms with Gasteiger partial charge in [0.05, 0.1) is 19.8 Å². The Labute approximate surface area is 187 Å². The van der Waals surface area contributed by atoms with E-state index in [0.717, 1.165) is 16.7 Å². The first-order valence-corrected chi connectivity index (χ1v) is 10.8. The molecule has 0 spiro atoms. The zero-order valence-electron chi connectivity index (χ0n) is 18.8. The first-order valence-electron chi connectivity index (χ1n) is 10.8. The number of fused-ring (bicyclic) bond motifs is 1. The van der Waals surface area contributed by atoms with Crippen LogP contribution in [0.3, 0.4) is 0 Å². The van der Waals surface area contributed by atoms with Crippen molar-refractivity contribution < 1.29 is 33.6 Å². The van der Waals surface area contributed by atoms with Crippen LogP contribution in [0.1, 0.15) is 49.0 Å². The molecule has 4 rings (SSSR count). The number of aliphatic carboxylic acids is 1. The number of ether oxygens (including phenoxy) is 4. The highest BCUT2D eigenvalue weighted by atomic mass is 16.5. The quantitative estimate of drug-likeness (QED) is 0.565. The number of esters is 1. The molecule has 0 radical (unpaired) electrons. The fraction of sp³-hybridized carbons (Fsp3) is 0.440. The zero-order valence-corrected chi connectivity index (χ0v) is 18.8. The van der Waals surface area contributed by atoms with Crippen molar-refractivity contribution in [2.45, 2.75) is 45.8 Å². The van der Waals surface area contributed by atoms with Crippen LogP contribution >= 0.6 is 0 Å². The highest BCUT2D eigenvalue weighted by molar-refractivity contribution is 5.94. The molecule has 0 amide bonds. The highest BCUT2D eigenvalue weighted by Crippen LogP contribution is 2.54. The van der Waals surface area contributed by atoms with E-state index in [1.54, 1.807) is 19.2 Å². The van der Waals surface area contributed by atoms with Crippen LogP contribution in [-0.2, 0) is 16.1 Å². The van der Waals surface area contributed by atoms with Gasteiger partial charge in [0.25, 0.3) is 0 Å². The van der Waals surface area contributed by atoms with Crippen LogP contribution in [0.15, 0.2) is 30.3 Å². The van der Waals surface area contributed by atoms with Gasteiger partial charge >= 0.3 is 11.9 Å². The molecule has 7 heteroatoms. The number of benzene rings is 2. The number of carboxylic acids is 1. The van der Waals surface area contributed by atoms with Crippen LogP contribution in [0.4, 0.5) is 0 Å². The van der Waals surface area contributed by atoms with Crippen molar-refractivity contribution in [1.29, 1.82) is 0 Å². The van der Waals surface area contributed by atoms with Crippen molar-refractivity contribution in [3.63, 3.8) is 0 Å². The fourth-order valence-electron chi connectivity index (χ4n) is 4.31. The minimum Gasteiger partial charge on any atom is -0.493 e. The summed E-state index contributed by atoms with van der Waals surface area (Å²) in [5, 5.41) is 9.93. The lowest BCUT2D eigenvalue weighted by Gasteiger charge is -2.29. The van der Waals surface area contributed by atoms with E-state index < -0.39 is 17.5 Å². The smallest absolute Gasteiger partial charge is 0.338 e. The van der Waals surface area contributed by atoms with Crippen LogP contribution in [0, 0.1) is 11.3 Å². The maximum atomic E-state index is 12.1. The van der Waals surface area contributed by atoms with Gasteiger partial charge in [-0.05, 0) is 55.0 Å². The summed E-state index contributed by atoms with van der Waals surface area (Å²) in [5.74, 6) is 0.432. The summed E-state index contributed by atoms with van der Waals surface area (Å²) in [6.45, 7) is 4.33. The molecule has 1 aliphatic carbocycles. The van der Waals surface area contributed by atoms with Crippen molar-refractivity contribution in [1.82, 2.24) is 0 Å². The molecule has 0 bridgehead atoms. The minimum atomic E-state index is -0.895. The summed E-state index contributed by atoms with van der Waals surface area (Å²) in [6.07, 6.45) is 1.25. The van der Waals surface area contributed by atoms with Crippen LogP contribution in [-0.4, -0.2) is 37.4 Å². The summed E-state index contributed by atoms with van der Waals surface area (Å²) >= 11 is 0. The van der Waals surface area contributed by atoms with Gasteiger partial charge in [-0.3, -0.25) is 4.79 Å². The Hall–Kier alpha value is -3.22. The second kappa shape index (κ2) is 8.37. The number of hydrogen-bond donors (Lipinski definition) is 1. The van der Waals surface area contributed by atoms with Crippen LogP contribution in [0.5, 0.6) is 17.2 Å². The summed E-state index contributed by atoms with van der Waals surface area (Å²) in [5.41, 5.74) is 2.02. The number of carbonyl (C=O) groups is 2. The standard InChI is InChI=1S/C25H28O7/c1-14(2)11-20(25(9-10-25)24(27)28)32-21-17(7-8-19(29-3)22(21)30-4)15-5-6-18-16(12-15)13-31-23(18)26/h5-8,12,14,20H,9-11,13H2,1-4H3,(H,27,28). The Kier molecular flexibility index (Phi) is 5.75. The second-order valence-corrected chi connectivity index (χ2v) is 8.82. The minimum absolute atomic E-state index is 0.226. The molecule has 1 fully saturated rings. The lowest BCUT2D eigenvalue weighted by Crippen LogP contribution is -2.36. The number of methoxy groups -OCH3 is 2. The Morgan fingerprint density at radius 1 is 1.09 bits per heavy atom.